The molecular formula is C14H19BrO. The summed E-state index contributed by atoms with van der Waals surface area (Å²) in [4.78, 5) is 0.608. The Hall–Kier alpha value is -0.500. The van der Waals surface area contributed by atoms with Crippen molar-refractivity contribution in [2.24, 2.45) is 0 Å². The molecule has 0 amide bonds. The third-order valence-electron chi connectivity index (χ3n) is 3.47. The molecule has 1 aromatic rings. The SMILES string of the molecule is COc1ccc(C)cc1C1CCCCC1Br. The molecule has 1 aliphatic rings. The molecule has 2 rings (SSSR count). The van der Waals surface area contributed by atoms with E-state index in [0.29, 0.717) is 10.7 Å². The quantitative estimate of drug-likeness (QED) is 0.730. The lowest BCUT2D eigenvalue weighted by molar-refractivity contribution is 0.391. The van der Waals surface area contributed by atoms with Gasteiger partial charge in [-0.15, -0.1) is 0 Å². The highest BCUT2D eigenvalue weighted by atomic mass is 79.9. The topological polar surface area (TPSA) is 9.23 Å². The second kappa shape index (κ2) is 5.22. The van der Waals surface area contributed by atoms with Gasteiger partial charge in [0.15, 0.2) is 0 Å². The molecule has 0 N–H and O–H groups in total. The third-order valence-corrected chi connectivity index (χ3v) is 4.56. The molecule has 0 bridgehead atoms. The first-order chi connectivity index (χ1) is 7.72. The standard InChI is InChI=1S/C14H19BrO/c1-10-7-8-14(16-2)12(9-10)11-5-3-4-6-13(11)15/h7-9,11,13H,3-6H2,1-2H3. The number of benzene rings is 1. The first kappa shape index (κ1) is 12.0. The van der Waals surface area contributed by atoms with Gasteiger partial charge in [-0.1, -0.05) is 46.5 Å². The van der Waals surface area contributed by atoms with Crippen LogP contribution in [0.15, 0.2) is 18.2 Å². The van der Waals surface area contributed by atoms with Crippen LogP contribution in [-0.2, 0) is 0 Å². The minimum Gasteiger partial charge on any atom is -0.496 e. The van der Waals surface area contributed by atoms with E-state index >= 15 is 0 Å². The maximum absolute atomic E-state index is 5.48. The van der Waals surface area contributed by atoms with Crippen LogP contribution >= 0.6 is 15.9 Å². The molecule has 0 spiro atoms. The highest BCUT2D eigenvalue weighted by Crippen LogP contribution is 2.41. The predicted molar refractivity (Wildman–Crippen MR) is 71.7 cm³/mol. The zero-order chi connectivity index (χ0) is 11.5. The lowest BCUT2D eigenvalue weighted by Gasteiger charge is -2.29. The Bertz CT molecular complexity index is 362. The summed E-state index contributed by atoms with van der Waals surface area (Å²) in [5.41, 5.74) is 2.70. The lowest BCUT2D eigenvalue weighted by atomic mass is 9.83. The van der Waals surface area contributed by atoms with E-state index < -0.39 is 0 Å². The molecule has 1 nitrogen and oxygen atoms in total. The van der Waals surface area contributed by atoms with E-state index in [4.69, 9.17) is 4.74 Å². The summed E-state index contributed by atoms with van der Waals surface area (Å²) in [7, 11) is 1.76. The van der Waals surface area contributed by atoms with E-state index in [2.05, 4.69) is 41.1 Å². The normalized spacial score (nSPS) is 25.4. The average molecular weight is 283 g/mol. The van der Waals surface area contributed by atoms with Gasteiger partial charge in [0, 0.05) is 10.7 Å². The maximum Gasteiger partial charge on any atom is 0.122 e. The van der Waals surface area contributed by atoms with Crippen LogP contribution in [0.2, 0.25) is 0 Å². The van der Waals surface area contributed by atoms with E-state index in [1.807, 2.05) is 0 Å². The van der Waals surface area contributed by atoms with Crippen molar-refractivity contribution in [2.45, 2.75) is 43.4 Å². The molecule has 0 aromatic heterocycles. The zero-order valence-electron chi connectivity index (χ0n) is 10.0. The Morgan fingerprint density at radius 2 is 2.00 bits per heavy atom. The summed E-state index contributed by atoms with van der Waals surface area (Å²) < 4.78 is 5.48. The number of aryl methyl sites for hydroxylation is 1. The van der Waals surface area contributed by atoms with Crippen LogP contribution in [0.25, 0.3) is 0 Å². The number of alkyl halides is 1. The van der Waals surface area contributed by atoms with Crippen LogP contribution in [0.1, 0.15) is 42.7 Å². The second-order valence-corrected chi connectivity index (χ2v) is 5.83. The minimum atomic E-state index is 0.608. The summed E-state index contributed by atoms with van der Waals surface area (Å²) in [6, 6.07) is 6.50. The Balaban J connectivity index is 2.33. The Labute approximate surface area is 106 Å². The van der Waals surface area contributed by atoms with Gasteiger partial charge in [-0.05, 0) is 31.4 Å². The molecule has 2 heteroatoms. The minimum absolute atomic E-state index is 0.608. The van der Waals surface area contributed by atoms with Crippen molar-refractivity contribution in [3.8, 4) is 5.75 Å². The summed E-state index contributed by atoms with van der Waals surface area (Å²) >= 11 is 3.82. The Kier molecular flexibility index (Phi) is 3.91. The summed E-state index contributed by atoms with van der Waals surface area (Å²) in [5.74, 6) is 1.66. The zero-order valence-corrected chi connectivity index (χ0v) is 11.6. The van der Waals surface area contributed by atoms with Gasteiger partial charge in [-0.2, -0.15) is 0 Å². The molecule has 0 radical (unpaired) electrons. The first-order valence-electron chi connectivity index (χ1n) is 6.01. The van der Waals surface area contributed by atoms with Gasteiger partial charge in [0.25, 0.3) is 0 Å². The van der Waals surface area contributed by atoms with Crippen molar-refractivity contribution in [3.63, 3.8) is 0 Å². The van der Waals surface area contributed by atoms with Crippen molar-refractivity contribution >= 4 is 15.9 Å². The largest absolute Gasteiger partial charge is 0.496 e. The number of ether oxygens (including phenoxy) is 1. The van der Waals surface area contributed by atoms with Crippen LogP contribution < -0.4 is 4.74 Å². The van der Waals surface area contributed by atoms with Gasteiger partial charge in [-0.25, -0.2) is 0 Å². The highest BCUT2D eigenvalue weighted by molar-refractivity contribution is 9.09. The molecule has 1 aromatic carbocycles. The van der Waals surface area contributed by atoms with Gasteiger partial charge < -0.3 is 4.74 Å². The molecule has 2 unspecified atom stereocenters. The third kappa shape index (κ3) is 2.42. The molecular weight excluding hydrogens is 264 g/mol. The van der Waals surface area contributed by atoms with E-state index in [0.717, 1.165) is 5.75 Å². The molecule has 0 aliphatic heterocycles. The van der Waals surface area contributed by atoms with Crippen molar-refractivity contribution < 1.29 is 4.74 Å². The molecule has 1 saturated carbocycles. The van der Waals surface area contributed by atoms with Crippen molar-refractivity contribution in [1.82, 2.24) is 0 Å². The molecule has 0 heterocycles. The van der Waals surface area contributed by atoms with E-state index in [9.17, 15) is 0 Å². The second-order valence-electron chi connectivity index (χ2n) is 4.65. The molecule has 16 heavy (non-hydrogen) atoms. The number of halogens is 1. The van der Waals surface area contributed by atoms with Crippen molar-refractivity contribution in [3.05, 3.63) is 29.3 Å². The fourth-order valence-electron chi connectivity index (χ4n) is 2.58. The number of hydrogen-bond acceptors (Lipinski definition) is 1. The first-order valence-corrected chi connectivity index (χ1v) is 6.92. The molecule has 1 aliphatic carbocycles. The molecule has 88 valence electrons. The van der Waals surface area contributed by atoms with Crippen molar-refractivity contribution in [1.29, 1.82) is 0 Å². The maximum atomic E-state index is 5.48. The van der Waals surface area contributed by atoms with Crippen molar-refractivity contribution in [2.75, 3.05) is 7.11 Å². The van der Waals surface area contributed by atoms with E-state index in [1.165, 1.54) is 36.8 Å². The summed E-state index contributed by atoms with van der Waals surface area (Å²) in [6.07, 6.45) is 5.24. The fourth-order valence-corrected chi connectivity index (χ4v) is 3.45. The van der Waals surface area contributed by atoms with Crippen LogP contribution in [0.3, 0.4) is 0 Å². The van der Waals surface area contributed by atoms with Gasteiger partial charge in [0.05, 0.1) is 7.11 Å². The van der Waals surface area contributed by atoms with Gasteiger partial charge in [-0.3, -0.25) is 0 Å². The van der Waals surface area contributed by atoms with Gasteiger partial charge >= 0.3 is 0 Å². The summed E-state index contributed by atoms with van der Waals surface area (Å²) in [5, 5.41) is 0. The fraction of sp³-hybridized carbons (Fsp3) is 0.571. The summed E-state index contributed by atoms with van der Waals surface area (Å²) in [6.45, 7) is 2.15. The van der Waals surface area contributed by atoms with Crippen LogP contribution in [0.4, 0.5) is 0 Å². The Morgan fingerprint density at radius 3 is 2.69 bits per heavy atom. The van der Waals surface area contributed by atoms with Crippen LogP contribution in [-0.4, -0.2) is 11.9 Å². The monoisotopic (exact) mass is 282 g/mol. The lowest BCUT2D eigenvalue weighted by Crippen LogP contribution is -2.18. The smallest absolute Gasteiger partial charge is 0.122 e. The Morgan fingerprint density at radius 1 is 1.25 bits per heavy atom. The van der Waals surface area contributed by atoms with Crippen LogP contribution in [0, 0.1) is 6.92 Å². The highest BCUT2D eigenvalue weighted by Gasteiger charge is 2.26. The molecule has 2 atom stereocenters. The molecule has 0 saturated heterocycles. The predicted octanol–water partition coefficient (Wildman–Crippen LogP) is 4.42. The number of hydrogen-bond donors (Lipinski definition) is 0. The average Bonchev–Trinajstić information content (AvgIpc) is 2.29. The van der Waals surface area contributed by atoms with E-state index in [1.54, 1.807) is 7.11 Å². The molecule has 1 fully saturated rings. The number of methoxy groups -OCH3 is 1. The van der Waals surface area contributed by atoms with Gasteiger partial charge in [0.2, 0.25) is 0 Å². The van der Waals surface area contributed by atoms with E-state index in [-0.39, 0.29) is 0 Å². The van der Waals surface area contributed by atoms with Gasteiger partial charge in [0.1, 0.15) is 5.75 Å². The number of rotatable bonds is 2. The van der Waals surface area contributed by atoms with Crippen LogP contribution in [0.5, 0.6) is 5.75 Å².